The largest absolute Gasteiger partial charge is 0.349 e. The summed E-state index contributed by atoms with van der Waals surface area (Å²) in [5.41, 5.74) is -0.458. The van der Waals surface area contributed by atoms with E-state index in [9.17, 15) is 9.59 Å². The molecule has 1 N–H and O–H groups in total. The molecule has 0 unspecified atom stereocenters. The lowest BCUT2D eigenvalue weighted by atomic mass is 9.81. The molecule has 1 fully saturated rings. The quantitative estimate of drug-likeness (QED) is 0.804. The predicted octanol–water partition coefficient (Wildman–Crippen LogP) is 1.52. The molecular formula is C13H19N3O2. The van der Waals surface area contributed by atoms with Gasteiger partial charge in [0, 0.05) is 31.8 Å². The predicted molar refractivity (Wildman–Crippen MR) is 66.6 cm³/mol. The summed E-state index contributed by atoms with van der Waals surface area (Å²) in [6.45, 7) is 4.38. The van der Waals surface area contributed by atoms with E-state index < -0.39 is 5.41 Å². The average Bonchev–Trinajstić information content (AvgIpc) is 2.96. The third-order valence-corrected chi connectivity index (χ3v) is 3.97. The van der Waals surface area contributed by atoms with Crippen LogP contribution < -0.4 is 0 Å². The molecule has 0 radical (unpaired) electrons. The summed E-state index contributed by atoms with van der Waals surface area (Å²) >= 11 is 0. The number of aromatic amines is 1. The zero-order valence-electron chi connectivity index (χ0n) is 10.9. The van der Waals surface area contributed by atoms with Gasteiger partial charge in [-0.2, -0.15) is 0 Å². The van der Waals surface area contributed by atoms with E-state index in [0.29, 0.717) is 19.4 Å². The van der Waals surface area contributed by atoms with E-state index in [1.54, 1.807) is 12.4 Å². The first-order valence-electron chi connectivity index (χ1n) is 6.46. The summed E-state index contributed by atoms with van der Waals surface area (Å²) in [5, 5.41) is 0. The minimum atomic E-state index is -0.458. The van der Waals surface area contributed by atoms with Crippen LogP contribution in [0.2, 0.25) is 0 Å². The Kier molecular flexibility index (Phi) is 3.50. The lowest BCUT2D eigenvalue weighted by molar-refractivity contribution is -0.141. The summed E-state index contributed by atoms with van der Waals surface area (Å²) in [4.78, 5) is 32.8. The number of H-pyrrole nitrogens is 1. The highest BCUT2D eigenvalue weighted by Crippen LogP contribution is 2.38. The number of hydrogen-bond acceptors (Lipinski definition) is 3. The van der Waals surface area contributed by atoms with Crippen LogP contribution in [0.25, 0.3) is 0 Å². The lowest BCUT2D eigenvalue weighted by Gasteiger charge is -2.23. The molecule has 0 saturated carbocycles. The Morgan fingerprint density at radius 1 is 1.39 bits per heavy atom. The van der Waals surface area contributed by atoms with Crippen LogP contribution in [0.15, 0.2) is 12.4 Å². The monoisotopic (exact) mass is 249 g/mol. The second-order valence-corrected chi connectivity index (χ2v) is 4.80. The zero-order valence-corrected chi connectivity index (χ0v) is 10.9. The highest BCUT2D eigenvalue weighted by Gasteiger charge is 2.48. The van der Waals surface area contributed by atoms with Crippen molar-refractivity contribution in [3.8, 4) is 0 Å². The van der Waals surface area contributed by atoms with Crippen molar-refractivity contribution in [2.45, 2.75) is 39.5 Å². The smallest absolute Gasteiger partial charge is 0.235 e. The van der Waals surface area contributed by atoms with Crippen LogP contribution in [0.3, 0.4) is 0 Å². The molecule has 5 heteroatoms. The molecule has 0 aromatic carbocycles. The summed E-state index contributed by atoms with van der Waals surface area (Å²) in [6.07, 6.45) is 5.82. The first-order valence-corrected chi connectivity index (χ1v) is 6.46. The number of amides is 2. The number of nitrogens with one attached hydrogen (secondary N) is 1. The summed E-state index contributed by atoms with van der Waals surface area (Å²) in [7, 11) is 0. The zero-order chi connectivity index (χ0) is 13.2. The van der Waals surface area contributed by atoms with E-state index in [0.717, 1.165) is 18.7 Å². The van der Waals surface area contributed by atoms with Crippen molar-refractivity contribution in [1.82, 2.24) is 14.9 Å². The van der Waals surface area contributed by atoms with Gasteiger partial charge in [0.05, 0.1) is 5.41 Å². The standard InChI is InChI=1S/C13H19N3O2/c1-3-13(4-2)9-11(17)16(12(13)18)8-5-10-14-6-7-15-10/h6-7H,3-5,8-9H2,1-2H3,(H,14,15). The fourth-order valence-corrected chi connectivity index (χ4v) is 2.54. The molecule has 2 heterocycles. The van der Waals surface area contributed by atoms with Gasteiger partial charge in [-0.15, -0.1) is 0 Å². The molecule has 0 atom stereocenters. The van der Waals surface area contributed by atoms with Gasteiger partial charge in [0.1, 0.15) is 5.82 Å². The number of imidazole rings is 1. The molecule has 1 aromatic heterocycles. The Morgan fingerprint density at radius 3 is 2.61 bits per heavy atom. The molecule has 2 rings (SSSR count). The van der Waals surface area contributed by atoms with E-state index in [1.165, 1.54) is 4.90 Å². The van der Waals surface area contributed by atoms with Crippen molar-refractivity contribution in [2.75, 3.05) is 6.54 Å². The number of imide groups is 1. The molecule has 2 amide bonds. The van der Waals surface area contributed by atoms with Gasteiger partial charge in [0.2, 0.25) is 11.8 Å². The minimum absolute atomic E-state index is 0.0101. The molecule has 5 nitrogen and oxygen atoms in total. The third kappa shape index (κ3) is 2.05. The SMILES string of the molecule is CCC1(CC)CC(=O)N(CCc2ncc[nH]2)C1=O. The van der Waals surface area contributed by atoms with E-state index in [4.69, 9.17) is 0 Å². The normalized spacial score (nSPS) is 18.7. The molecule has 1 aliphatic rings. The van der Waals surface area contributed by atoms with E-state index >= 15 is 0 Å². The van der Waals surface area contributed by atoms with Crippen molar-refractivity contribution in [3.63, 3.8) is 0 Å². The van der Waals surface area contributed by atoms with Crippen LogP contribution in [-0.2, 0) is 16.0 Å². The molecule has 98 valence electrons. The highest BCUT2D eigenvalue weighted by atomic mass is 16.2. The van der Waals surface area contributed by atoms with Gasteiger partial charge >= 0.3 is 0 Å². The van der Waals surface area contributed by atoms with Crippen LogP contribution >= 0.6 is 0 Å². The van der Waals surface area contributed by atoms with Crippen molar-refractivity contribution in [2.24, 2.45) is 5.41 Å². The Bertz CT molecular complexity index is 435. The van der Waals surface area contributed by atoms with Gasteiger partial charge in [-0.3, -0.25) is 14.5 Å². The summed E-state index contributed by atoms with van der Waals surface area (Å²) < 4.78 is 0. The maximum absolute atomic E-state index is 12.3. The molecule has 0 spiro atoms. The number of nitrogens with zero attached hydrogens (tertiary/aromatic N) is 2. The molecule has 0 bridgehead atoms. The lowest BCUT2D eigenvalue weighted by Crippen LogP contribution is -2.36. The van der Waals surface area contributed by atoms with Gasteiger partial charge in [0.15, 0.2) is 0 Å². The summed E-state index contributed by atoms with van der Waals surface area (Å²) in [5.74, 6) is 0.750. The highest BCUT2D eigenvalue weighted by molar-refractivity contribution is 6.05. The second kappa shape index (κ2) is 4.92. The third-order valence-electron chi connectivity index (χ3n) is 3.97. The number of carbonyl (C=O) groups excluding carboxylic acids is 2. The Labute approximate surface area is 107 Å². The Balaban J connectivity index is 2.05. The van der Waals surface area contributed by atoms with Crippen molar-refractivity contribution in [3.05, 3.63) is 18.2 Å². The second-order valence-electron chi connectivity index (χ2n) is 4.80. The molecule has 0 aliphatic carbocycles. The Hall–Kier alpha value is -1.65. The number of aromatic nitrogens is 2. The molecule has 1 aliphatic heterocycles. The average molecular weight is 249 g/mol. The van der Waals surface area contributed by atoms with Crippen LogP contribution in [0.1, 0.15) is 38.9 Å². The van der Waals surface area contributed by atoms with Crippen LogP contribution in [-0.4, -0.2) is 33.2 Å². The molecule has 1 saturated heterocycles. The van der Waals surface area contributed by atoms with Gasteiger partial charge in [-0.25, -0.2) is 4.98 Å². The van der Waals surface area contributed by atoms with Crippen molar-refractivity contribution >= 4 is 11.8 Å². The fraction of sp³-hybridized carbons (Fsp3) is 0.615. The van der Waals surface area contributed by atoms with Crippen molar-refractivity contribution in [1.29, 1.82) is 0 Å². The maximum Gasteiger partial charge on any atom is 0.235 e. The molecule has 1 aromatic rings. The maximum atomic E-state index is 12.3. The number of hydrogen-bond donors (Lipinski definition) is 1. The minimum Gasteiger partial charge on any atom is -0.349 e. The first-order chi connectivity index (χ1) is 8.63. The van der Waals surface area contributed by atoms with E-state index in [2.05, 4.69) is 9.97 Å². The summed E-state index contributed by atoms with van der Waals surface area (Å²) in [6, 6.07) is 0. The van der Waals surface area contributed by atoms with Gasteiger partial charge in [-0.1, -0.05) is 13.8 Å². The van der Waals surface area contributed by atoms with Gasteiger partial charge in [-0.05, 0) is 12.8 Å². The number of carbonyl (C=O) groups is 2. The first kappa shape index (κ1) is 12.8. The van der Waals surface area contributed by atoms with Crippen LogP contribution in [0.5, 0.6) is 0 Å². The number of likely N-dealkylation sites (tertiary alicyclic amines) is 1. The molecule has 18 heavy (non-hydrogen) atoms. The van der Waals surface area contributed by atoms with Gasteiger partial charge in [0.25, 0.3) is 0 Å². The van der Waals surface area contributed by atoms with E-state index in [1.807, 2.05) is 13.8 Å². The topological polar surface area (TPSA) is 66.1 Å². The molecular weight excluding hydrogens is 230 g/mol. The Morgan fingerprint density at radius 2 is 2.11 bits per heavy atom. The van der Waals surface area contributed by atoms with E-state index in [-0.39, 0.29) is 11.8 Å². The van der Waals surface area contributed by atoms with Gasteiger partial charge < -0.3 is 4.98 Å². The fourth-order valence-electron chi connectivity index (χ4n) is 2.54. The number of rotatable bonds is 5. The van der Waals surface area contributed by atoms with Crippen LogP contribution in [0.4, 0.5) is 0 Å². The van der Waals surface area contributed by atoms with Crippen molar-refractivity contribution < 1.29 is 9.59 Å². The van der Waals surface area contributed by atoms with Crippen LogP contribution in [0, 0.1) is 5.41 Å².